The van der Waals surface area contributed by atoms with E-state index in [1.54, 1.807) is 11.8 Å². The molecule has 21 heavy (non-hydrogen) atoms. The van der Waals surface area contributed by atoms with Gasteiger partial charge in [-0.05, 0) is 24.6 Å². The summed E-state index contributed by atoms with van der Waals surface area (Å²) in [6.07, 6.45) is 0.844. The Labute approximate surface area is 127 Å². The number of hydrogen-bond donors (Lipinski definition) is 1. The molecule has 1 fully saturated rings. The highest BCUT2D eigenvalue weighted by Gasteiger charge is 2.32. The number of rotatable bonds is 4. The van der Waals surface area contributed by atoms with E-state index in [1.165, 1.54) is 4.31 Å². The molecule has 0 aromatic heterocycles. The highest BCUT2D eigenvalue weighted by molar-refractivity contribution is 8.00. The monoisotopic (exact) mass is 333 g/mol. The first kappa shape index (κ1) is 16.3. The summed E-state index contributed by atoms with van der Waals surface area (Å²) in [4.78, 5) is 10.3. The molecule has 116 valence electrons. The standard InChI is InChI=1S/C13H16FNO4S2/c1-2-10-8-15(5-6-20-10)21(18,19)12-4-3-9(13(16)17)7-11(12)14/h3-4,7,10H,2,5-6,8H2,1H3,(H,16,17). The summed E-state index contributed by atoms with van der Waals surface area (Å²) >= 11 is 1.71. The topological polar surface area (TPSA) is 74.7 Å². The van der Waals surface area contributed by atoms with Crippen molar-refractivity contribution in [2.45, 2.75) is 23.5 Å². The summed E-state index contributed by atoms with van der Waals surface area (Å²) in [5.41, 5.74) is -0.271. The summed E-state index contributed by atoms with van der Waals surface area (Å²) in [5, 5.41) is 8.99. The highest BCUT2D eigenvalue weighted by atomic mass is 32.2. The third-order valence-corrected chi connectivity index (χ3v) is 6.62. The van der Waals surface area contributed by atoms with Gasteiger partial charge >= 0.3 is 5.97 Å². The number of benzene rings is 1. The van der Waals surface area contributed by atoms with Crippen LogP contribution >= 0.6 is 11.8 Å². The van der Waals surface area contributed by atoms with Gasteiger partial charge < -0.3 is 5.11 Å². The molecule has 1 unspecified atom stereocenters. The lowest BCUT2D eigenvalue weighted by atomic mass is 10.2. The predicted octanol–water partition coefficient (Wildman–Crippen LogP) is 2.04. The number of halogens is 1. The van der Waals surface area contributed by atoms with Crippen LogP contribution in [0.4, 0.5) is 4.39 Å². The average molecular weight is 333 g/mol. The third kappa shape index (κ3) is 3.38. The van der Waals surface area contributed by atoms with Crippen LogP contribution in [0.1, 0.15) is 23.7 Å². The molecular formula is C13H16FNO4S2. The van der Waals surface area contributed by atoms with E-state index in [0.717, 1.165) is 24.6 Å². The van der Waals surface area contributed by atoms with Crippen molar-refractivity contribution in [1.29, 1.82) is 0 Å². The second-order valence-corrected chi connectivity index (χ2v) is 8.03. The molecule has 1 saturated heterocycles. The number of carboxylic acids is 1. The van der Waals surface area contributed by atoms with Gasteiger partial charge in [-0.2, -0.15) is 16.1 Å². The first-order valence-corrected chi connectivity index (χ1v) is 8.99. The molecule has 0 bridgehead atoms. The molecule has 1 aromatic carbocycles. The molecule has 8 heteroatoms. The summed E-state index contributed by atoms with van der Waals surface area (Å²) < 4.78 is 40.2. The van der Waals surface area contributed by atoms with Gasteiger partial charge in [-0.1, -0.05) is 6.92 Å². The van der Waals surface area contributed by atoms with Gasteiger partial charge in [0.25, 0.3) is 0 Å². The second-order valence-electron chi connectivity index (χ2n) is 4.71. The van der Waals surface area contributed by atoms with Crippen molar-refractivity contribution in [3.05, 3.63) is 29.6 Å². The number of carbonyl (C=O) groups is 1. The van der Waals surface area contributed by atoms with Crippen LogP contribution in [0.2, 0.25) is 0 Å². The van der Waals surface area contributed by atoms with E-state index in [2.05, 4.69) is 0 Å². The molecule has 5 nitrogen and oxygen atoms in total. The Bertz CT molecular complexity index is 648. The Morgan fingerprint density at radius 2 is 2.24 bits per heavy atom. The minimum atomic E-state index is -3.93. The smallest absolute Gasteiger partial charge is 0.335 e. The molecule has 1 aliphatic rings. The zero-order chi connectivity index (χ0) is 15.6. The number of hydrogen-bond acceptors (Lipinski definition) is 4. The van der Waals surface area contributed by atoms with E-state index < -0.39 is 26.7 Å². The van der Waals surface area contributed by atoms with Crippen LogP contribution in [0, 0.1) is 5.82 Å². The Hall–Kier alpha value is -1.12. The van der Waals surface area contributed by atoms with Crippen molar-refractivity contribution in [2.75, 3.05) is 18.8 Å². The Balaban J connectivity index is 2.33. The van der Waals surface area contributed by atoms with Gasteiger partial charge in [0.05, 0.1) is 5.56 Å². The van der Waals surface area contributed by atoms with E-state index in [-0.39, 0.29) is 10.8 Å². The molecular weight excluding hydrogens is 317 g/mol. The Kier molecular flexibility index (Phi) is 4.90. The predicted molar refractivity (Wildman–Crippen MR) is 78.7 cm³/mol. The molecule has 2 rings (SSSR count). The van der Waals surface area contributed by atoms with Crippen LogP contribution < -0.4 is 0 Å². The fraction of sp³-hybridized carbons (Fsp3) is 0.462. The van der Waals surface area contributed by atoms with Crippen molar-refractivity contribution in [1.82, 2.24) is 4.31 Å². The van der Waals surface area contributed by atoms with E-state index in [0.29, 0.717) is 18.8 Å². The molecule has 1 aliphatic heterocycles. The molecule has 1 heterocycles. The minimum Gasteiger partial charge on any atom is -0.478 e. The lowest BCUT2D eigenvalue weighted by Crippen LogP contribution is -2.41. The maximum Gasteiger partial charge on any atom is 0.335 e. The normalized spacial score (nSPS) is 20.4. The van der Waals surface area contributed by atoms with Gasteiger partial charge in [0.15, 0.2) is 0 Å². The molecule has 0 amide bonds. The van der Waals surface area contributed by atoms with Crippen molar-refractivity contribution in [3.8, 4) is 0 Å². The van der Waals surface area contributed by atoms with Gasteiger partial charge in [-0.15, -0.1) is 0 Å². The molecule has 1 N–H and O–H groups in total. The molecule has 0 spiro atoms. The van der Waals surface area contributed by atoms with Crippen LogP contribution in [-0.4, -0.2) is 47.9 Å². The molecule has 1 aromatic rings. The van der Waals surface area contributed by atoms with Crippen LogP contribution in [0.25, 0.3) is 0 Å². The van der Waals surface area contributed by atoms with Gasteiger partial charge in [-0.25, -0.2) is 17.6 Å². The van der Waals surface area contributed by atoms with Crippen LogP contribution in [0.5, 0.6) is 0 Å². The summed E-state index contributed by atoms with van der Waals surface area (Å²) in [6, 6.07) is 2.87. The number of thioether (sulfide) groups is 1. The van der Waals surface area contributed by atoms with Gasteiger partial charge in [0, 0.05) is 24.1 Å². The molecule has 1 atom stereocenters. The maximum absolute atomic E-state index is 14.0. The number of sulfonamides is 1. The molecule has 0 radical (unpaired) electrons. The van der Waals surface area contributed by atoms with Crippen molar-refractivity contribution >= 4 is 27.8 Å². The highest BCUT2D eigenvalue weighted by Crippen LogP contribution is 2.27. The van der Waals surface area contributed by atoms with Crippen LogP contribution in [-0.2, 0) is 10.0 Å². The summed E-state index contributed by atoms with van der Waals surface area (Å²) in [7, 11) is -3.93. The van der Waals surface area contributed by atoms with Gasteiger partial charge in [-0.3, -0.25) is 0 Å². The lowest BCUT2D eigenvalue weighted by molar-refractivity contribution is 0.0696. The van der Waals surface area contributed by atoms with E-state index >= 15 is 0 Å². The molecule has 0 saturated carbocycles. The van der Waals surface area contributed by atoms with E-state index in [1.807, 2.05) is 6.92 Å². The Morgan fingerprint density at radius 1 is 1.52 bits per heavy atom. The number of carboxylic acid groups (broad SMARTS) is 1. The number of nitrogens with zero attached hydrogens (tertiary/aromatic N) is 1. The largest absolute Gasteiger partial charge is 0.478 e. The van der Waals surface area contributed by atoms with E-state index in [4.69, 9.17) is 5.11 Å². The number of aromatic carboxylic acids is 1. The van der Waals surface area contributed by atoms with Gasteiger partial charge in [0.1, 0.15) is 10.7 Å². The van der Waals surface area contributed by atoms with E-state index in [9.17, 15) is 17.6 Å². The lowest BCUT2D eigenvalue weighted by Gasteiger charge is -2.31. The van der Waals surface area contributed by atoms with Crippen molar-refractivity contribution in [2.24, 2.45) is 0 Å². The van der Waals surface area contributed by atoms with Crippen molar-refractivity contribution in [3.63, 3.8) is 0 Å². The third-order valence-electron chi connectivity index (χ3n) is 3.35. The SMILES string of the molecule is CCC1CN(S(=O)(=O)c2ccc(C(=O)O)cc2F)CCS1. The van der Waals surface area contributed by atoms with Crippen LogP contribution in [0.3, 0.4) is 0 Å². The first-order chi connectivity index (χ1) is 9.86. The molecule has 0 aliphatic carbocycles. The van der Waals surface area contributed by atoms with Crippen LogP contribution in [0.15, 0.2) is 23.1 Å². The maximum atomic E-state index is 14.0. The summed E-state index contributed by atoms with van der Waals surface area (Å²) in [5.74, 6) is -1.65. The second kappa shape index (κ2) is 6.33. The average Bonchev–Trinajstić information content (AvgIpc) is 2.46. The quantitative estimate of drug-likeness (QED) is 0.913. The van der Waals surface area contributed by atoms with Crippen molar-refractivity contribution < 1.29 is 22.7 Å². The summed E-state index contributed by atoms with van der Waals surface area (Å²) in [6.45, 7) is 2.67. The zero-order valence-corrected chi connectivity index (χ0v) is 13.1. The zero-order valence-electron chi connectivity index (χ0n) is 11.5. The fourth-order valence-corrected chi connectivity index (χ4v) is 5.06. The fourth-order valence-electron chi connectivity index (χ4n) is 2.14. The first-order valence-electron chi connectivity index (χ1n) is 6.51. The minimum absolute atomic E-state index is 0.204. The Morgan fingerprint density at radius 3 is 2.81 bits per heavy atom. The van der Waals surface area contributed by atoms with Gasteiger partial charge in [0.2, 0.25) is 10.0 Å².